The number of hydrogen-bond donors (Lipinski definition) is 1. The maximum atomic E-state index is 12.5. The van der Waals surface area contributed by atoms with Crippen molar-refractivity contribution in [3.63, 3.8) is 0 Å². The number of pyridine rings is 2. The Hall–Kier alpha value is -2.48. The fourth-order valence-electron chi connectivity index (χ4n) is 2.95. The molecule has 3 aromatic rings. The maximum absolute atomic E-state index is 12.5. The summed E-state index contributed by atoms with van der Waals surface area (Å²) in [6.07, 6.45) is 3.12. The molecule has 1 aromatic carbocycles. The van der Waals surface area contributed by atoms with Gasteiger partial charge in [-0.05, 0) is 57.1 Å². The van der Waals surface area contributed by atoms with Crippen molar-refractivity contribution in [2.75, 3.05) is 7.05 Å². The summed E-state index contributed by atoms with van der Waals surface area (Å²) in [5.74, 6) is 0.564. The smallest absolute Gasteiger partial charge is 0.245 e. The second-order valence-electron chi connectivity index (χ2n) is 6.43. The van der Waals surface area contributed by atoms with Crippen molar-refractivity contribution in [3.8, 4) is 22.9 Å². The molecule has 1 N–H and O–H groups in total. The molecule has 0 unspecified atom stereocenters. The SMILES string of the molecule is CNS(=O)(=O)c1ccc(-c2cncc(Cl)c2)nc1Oc1c(C)cc(C)cc1C. The van der Waals surface area contributed by atoms with E-state index in [1.165, 1.54) is 19.3 Å². The monoisotopic (exact) mass is 417 g/mol. The Morgan fingerprint density at radius 1 is 1.04 bits per heavy atom. The number of halogens is 1. The maximum Gasteiger partial charge on any atom is 0.245 e. The lowest BCUT2D eigenvalue weighted by atomic mass is 10.1. The Balaban J connectivity index is 2.17. The van der Waals surface area contributed by atoms with Gasteiger partial charge < -0.3 is 4.74 Å². The zero-order chi connectivity index (χ0) is 20.5. The number of hydrogen-bond acceptors (Lipinski definition) is 5. The zero-order valence-corrected chi connectivity index (χ0v) is 17.5. The van der Waals surface area contributed by atoms with Crippen LogP contribution >= 0.6 is 11.6 Å². The molecule has 0 radical (unpaired) electrons. The Morgan fingerprint density at radius 3 is 2.32 bits per heavy atom. The molecular weight excluding hydrogens is 398 g/mol. The quantitative estimate of drug-likeness (QED) is 0.664. The Labute approximate surface area is 169 Å². The number of rotatable bonds is 5. The van der Waals surface area contributed by atoms with Gasteiger partial charge in [0.2, 0.25) is 15.9 Å². The highest BCUT2D eigenvalue weighted by Gasteiger charge is 2.22. The number of nitrogens with one attached hydrogen (secondary N) is 1. The lowest BCUT2D eigenvalue weighted by molar-refractivity contribution is 0.441. The third kappa shape index (κ3) is 4.16. The number of ether oxygens (including phenoxy) is 1. The molecule has 0 spiro atoms. The third-order valence-electron chi connectivity index (χ3n) is 4.19. The van der Waals surface area contributed by atoms with Crippen molar-refractivity contribution < 1.29 is 13.2 Å². The standard InChI is InChI=1S/C20H20ClN3O3S/c1-12-7-13(2)19(14(3)8-12)27-20-18(28(25,26)22-4)6-5-17(24-20)15-9-16(21)11-23-10-15/h5-11,22H,1-4H3. The van der Waals surface area contributed by atoms with Crippen molar-refractivity contribution in [3.05, 3.63) is 64.4 Å². The van der Waals surface area contributed by atoms with Gasteiger partial charge in [0.05, 0.1) is 10.7 Å². The zero-order valence-electron chi connectivity index (χ0n) is 15.9. The first-order valence-electron chi connectivity index (χ1n) is 8.52. The Morgan fingerprint density at radius 2 is 1.71 bits per heavy atom. The molecule has 146 valence electrons. The Kier molecular flexibility index (Phi) is 5.69. The molecule has 0 aliphatic rings. The summed E-state index contributed by atoms with van der Waals surface area (Å²) >= 11 is 6.02. The minimum Gasteiger partial charge on any atom is -0.437 e. The first-order valence-corrected chi connectivity index (χ1v) is 10.4. The van der Waals surface area contributed by atoms with Crippen molar-refractivity contribution in [2.24, 2.45) is 0 Å². The van der Waals surface area contributed by atoms with E-state index in [4.69, 9.17) is 16.3 Å². The van der Waals surface area contributed by atoms with Gasteiger partial charge in [0.25, 0.3) is 0 Å². The third-order valence-corrected chi connectivity index (χ3v) is 5.82. The van der Waals surface area contributed by atoms with Crippen LogP contribution in [0, 0.1) is 20.8 Å². The second-order valence-corrected chi connectivity index (χ2v) is 8.72. The van der Waals surface area contributed by atoms with Gasteiger partial charge in [0.1, 0.15) is 10.6 Å². The first kappa shape index (κ1) is 20.3. The van der Waals surface area contributed by atoms with Crippen molar-refractivity contribution in [1.29, 1.82) is 0 Å². The summed E-state index contributed by atoms with van der Waals surface area (Å²) in [6.45, 7) is 5.81. The number of nitrogens with zero attached hydrogens (tertiary/aromatic N) is 2. The van der Waals surface area contributed by atoms with Gasteiger partial charge >= 0.3 is 0 Å². The minimum absolute atomic E-state index is 0.0121. The van der Waals surface area contributed by atoms with Crippen LogP contribution in [0.5, 0.6) is 11.6 Å². The van der Waals surface area contributed by atoms with Crippen molar-refractivity contribution in [2.45, 2.75) is 25.7 Å². The summed E-state index contributed by atoms with van der Waals surface area (Å²) in [5.41, 5.74) is 4.03. The summed E-state index contributed by atoms with van der Waals surface area (Å²) < 4.78 is 33.3. The molecule has 2 aromatic heterocycles. The molecule has 0 saturated carbocycles. The summed E-state index contributed by atoms with van der Waals surface area (Å²) in [6, 6.07) is 8.70. The van der Waals surface area contributed by atoms with Gasteiger partial charge in [-0.1, -0.05) is 29.3 Å². The van der Waals surface area contributed by atoms with E-state index in [1.54, 1.807) is 18.3 Å². The number of aromatic nitrogens is 2. The summed E-state index contributed by atoms with van der Waals surface area (Å²) in [5, 5.41) is 0.457. The van der Waals surface area contributed by atoms with Crippen LogP contribution in [-0.4, -0.2) is 25.4 Å². The predicted octanol–water partition coefficient (Wildman–Crippen LogP) is 4.42. The molecular formula is C20H20ClN3O3S. The molecule has 0 aliphatic carbocycles. The van der Waals surface area contributed by atoms with E-state index in [-0.39, 0.29) is 10.8 Å². The molecule has 6 nitrogen and oxygen atoms in total. The molecule has 0 atom stereocenters. The van der Waals surface area contributed by atoms with E-state index in [0.29, 0.717) is 22.0 Å². The summed E-state index contributed by atoms with van der Waals surface area (Å²) in [7, 11) is -2.43. The van der Waals surface area contributed by atoms with Crippen LogP contribution in [0.1, 0.15) is 16.7 Å². The van der Waals surface area contributed by atoms with E-state index in [2.05, 4.69) is 14.7 Å². The summed E-state index contributed by atoms with van der Waals surface area (Å²) in [4.78, 5) is 8.47. The van der Waals surface area contributed by atoms with E-state index >= 15 is 0 Å². The average Bonchev–Trinajstić information content (AvgIpc) is 2.64. The van der Waals surface area contributed by atoms with Crippen LogP contribution in [-0.2, 0) is 10.0 Å². The van der Waals surface area contributed by atoms with Crippen LogP contribution in [0.4, 0.5) is 0 Å². The number of sulfonamides is 1. The van der Waals surface area contributed by atoms with Gasteiger partial charge in [-0.3, -0.25) is 4.98 Å². The van der Waals surface area contributed by atoms with Crippen LogP contribution in [0.15, 0.2) is 47.6 Å². The minimum atomic E-state index is -3.77. The van der Waals surface area contributed by atoms with Gasteiger partial charge in [-0.15, -0.1) is 0 Å². The van der Waals surface area contributed by atoms with Crippen LogP contribution in [0.2, 0.25) is 5.02 Å². The lowest BCUT2D eigenvalue weighted by Gasteiger charge is -2.15. The fraction of sp³-hybridized carbons (Fsp3) is 0.200. The Bertz CT molecular complexity index is 1120. The van der Waals surface area contributed by atoms with Crippen LogP contribution in [0.3, 0.4) is 0 Å². The van der Waals surface area contributed by atoms with E-state index in [1.807, 2.05) is 32.9 Å². The number of aryl methyl sites for hydroxylation is 3. The molecule has 8 heteroatoms. The molecule has 28 heavy (non-hydrogen) atoms. The average molecular weight is 418 g/mol. The van der Waals surface area contributed by atoms with Gasteiger partial charge in [0, 0.05) is 18.0 Å². The first-order chi connectivity index (χ1) is 13.2. The highest BCUT2D eigenvalue weighted by atomic mass is 35.5. The molecule has 2 heterocycles. The van der Waals surface area contributed by atoms with Gasteiger partial charge in [-0.2, -0.15) is 0 Å². The molecule has 3 rings (SSSR count). The molecule has 0 bridgehead atoms. The highest BCUT2D eigenvalue weighted by molar-refractivity contribution is 7.89. The highest BCUT2D eigenvalue weighted by Crippen LogP contribution is 2.34. The molecule has 0 fully saturated rings. The van der Waals surface area contributed by atoms with E-state index in [0.717, 1.165) is 16.7 Å². The number of benzene rings is 1. The molecule has 0 saturated heterocycles. The van der Waals surface area contributed by atoms with E-state index in [9.17, 15) is 8.42 Å². The van der Waals surface area contributed by atoms with Crippen LogP contribution < -0.4 is 9.46 Å². The predicted molar refractivity (Wildman–Crippen MR) is 109 cm³/mol. The fourth-order valence-corrected chi connectivity index (χ4v) is 3.91. The molecule has 0 aliphatic heterocycles. The largest absolute Gasteiger partial charge is 0.437 e. The topological polar surface area (TPSA) is 81.2 Å². The van der Waals surface area contributed by atoms with E-state index < -0.39 is 10.0 Å². The van der Waals surface area contributed by atoms with Crippen LogP contribution in [0.25, 0.3) is 11.3 Å². The van der Waals surface area contributed by atoms with Gasteiger partial charge in [0.15, 0.2) is 0 Å². The second kappa shape index (κ2) is 7.87. The van der Waals surface area contributed by atoms with Crippen molar-refractivity contribution in [1.82, 2.24) is 14.7 Å². The normalized spacial score (nSPS) is 11.5. The lowest BCUT2D eigenvalue weighted by Crippen LogP contribution is -2.19. The van der Waals surface area contributed by atoms with Crippen molar-refractivity contribution >= 4 is 21.6 Å². The van der Waals surface area contributed by atoms with Gasteiger partial charge in [-0.25, -0.2) is 18.1 Å². The molecule has 0 amide bonds.